The van der Waals surface area contributed by atoms with Gasteiger partial charge in [0.05, 0.1) is 12.3 Å². The predicted molar refractivity (Wildman–Crippen MR) is 60.8 cm³/mol. The van der Waals surface area contributed by atoms with Crippen LogP contribution in [0.25, 0.3) is 0 Å². The van der Waals surface area contributed by atoms with E-state index in [1.54, 1.807) is 0 Å². The zero-order valence-corrected chi connectivity index (χ0v) is 10.2. The van der Waals surface area contributed by atoms with Crippen molar-refractivity contribution >= 4 is 27.5 Å². The Bertz CT molecular complexity index is 401. The number of methoxy groups -OCH3 is 1. The van der Waals surface area contributed by atoms with Crippen LogP contribution >= 0.6 is 15.9 Å². The van der Waals surface area contributed by atoms with Crippen LogP contribution < -0.4 is 11.1 Å². The van der Waals surface area contributed by atoms with Gasteiger partial charge in [-0.3, -0.25) is 4.79 Å². The smallest absolute Gasteiger partial charge is 0.269 e. The van der Waals surface area contributed by atoms with Crippen LogP contribution in [0.15, 0.2) is 10.7 Å². The van der Waals surface area contributed by atoms with Crippen LogP contribution in [0.2, 0.25) is 0 Å². The summed E-state index contributed by atoms with van der Waals surface area (Å²) >= 11 is 2.88. The van der Waals surface area contributed by atoms with E-state index in [1.807, 2.05) is 0 Å². The molecule has 0 unspecified atom stereocenters. The lowest BCUT2D eigenvalue weighted by molar-refractivity contribution is 0.0996. The van der Waals surface area contributed by atoms with Crippen molar-refractivity contribution in [1.82, 2.24) is 4.98 Å². The number of nitrogens with one attached hydrogen (secondary N) is 1. The van der Waals surface area contributed by atoms with Crippen molar-refractivity contribution in [2.24, 2.45) is 5.73 Å². The van der Waals surface area contributed by atoms with Gasteiger partial charge < -0.3 is 15.8 Å². The van der Waals surface area contributed by atoms with Gasteiger partial charge in [-0.1, -0.05) is 0 Å². The maximum atomic E-state index is 13.2. The molecule has 0 spiro atoms. The summed E-state index contributed by atoms with van der Waals surface area (Å²) in [5.41, 5.74) is 5.37. The molecule has 0 bridgehead atoms. The second-order valence-electron chi connectivity index (χ2n) is 2.94. The van der Waals surface area contributed by atoms with Gasteiger partial charge in [-0.2, -0.15) is 0 Å². The second-order valence-corrected chi connectivity index (χ2v) is 3.69. The number of hydrogen-bond acceptors (Lipinski definition) is 4. The number of ether oxygens (including phenoxy) is 1. The number of anilines is 1. The molecule has 1 heterocycles. The number of rotatable bonds is 5. The van der Waals surface area contributed by atoms with Gasteiger partial charge >= 0.3 is 0 Å². The Balaban J connectivity index is 2.95. The minimum absolute atomic E-state index is 0.00984. The number of hydrogen-bond donors (Lipinski definition) is 2. The zero-order chi connectivity index (χ0) is 12.1. The molecule has 0 fully saturated rings. The van der Waals surface area contributed by atoms with Crippen LogP contribution in [-0.4, -0.2) is 31.2 Å². The van der Waals surface area contributed by atoms with Gasteiger partial charge in [-0.05, 0) is 15.9 Å². The van der Waals surface area contributed by atoms with E-state index in [0.717, 1.165) is 6.07 Å². The van der Waals surface area contributed by atoms with Gasteiger partial charge in [0, 0.05) is 19.7 Å². The molecular weight excluding hydrogens is 281 g/mol. The summed E-state index contributed by atoms with van der Waals surface area (Å²) < 4.78 is 18.0. The fraction of sp³-hybridized carbons (Fsp3) is 0.333. The van der Waals surface area contributed by atoms with Crippen LogP contribution in [0.5, 0.6) is 0 Å². The maximum absolute atomic E-state index is 13.2. The van der Waals surface area contributed by atoms with E-state index < -0.39 is 11.7 Å². The lowest BCUT2D eigenvalue weighted by atomic mass is 10.2. The first-order valence-electron chi connectivity index (χ1n) is 4.45. The third kappa shape index (κ3) is 3.14. The Labute approximate surface area is 100 Å². The van der Waals surface area contributed by atoms with Crippen LogP contribution in [-0.2, 0) is 4.74 Å². The number of nitrogens with two attached hydrogens (primary N) is 1. The average molecular weight is 292 g/mol. The third-order valence-electron chi connectivity index (χ3n) is 1.79. The lowest BCUT2D eigenvalue weighted by Gasteiger charge is -2.09. The number of amides is 1. The molecule has 3 N–H and O–H groups in total. The van der Waals surface area contributed by atoms with Crippen LogP contribution in [0.3, 0.4) is 0 Å². The zero-order valence-electron chi connectivity index (χ0n) is 8.59. The lowest BCUT2D eigenvalue weighted by Crippen LogP contribution is -2.18. The molecule has 0 radical (unpaired) electrons. The van der Waals surface area contributed by atoms with Gasteiger partial charge in [-0.15, -0.1) is 0 Å². The highest BCUT2D eigenvalue weighted by atomic mass is 79.9. The molecule has 16 heavy (non-hydrogen) atoms. The summed E-state index contributed by atoms with van der Waals surface area (Å²) in [7, 11) is 1.54. The van der Waals surface area contributed by atoms with Crippen molar-refractivity contribution in [3.05, 3.63) is 22.2 Å². The largest absolute Gasteiger partial charge is 0.383 e. The fourth-order valence-corrected chi connectivity index (χ4v) is 1.37. The van der Waals surface area contributed by atoms with Crippen molar-refractivity contribution in [2.45, 2.75) is 0 Å². The summed E-state index contributed by atoms with van der Waals surface area (Å²) in [5, 5.41) is 2.81. The van der Waals surface area contributed by atoms with Crippen molar-refractivity contribution in [3.8, 4) is 0 Å². The van der Waals surface area contributed by atoms with Crippen LogP contribution in [0.1, 0.15) is 10.5 Å². The minimum atomic E-state index is -0.722. The van der Waals surface area contributed by atoms with Crippen molar-refractivity contribution in [3.63, 3.8) is 0 Å². The van der Waals surface area contributed by atoms with Crippen LogP contribution in [0.4, 0.5) is 10.1 Å². The first-order chi connectivity index (χ1) is 7.56. The predicted octanol–water partition coefficient (Wildman–Crippen LogP) is 1.14. The van der Waals surface area contributed by atoms with Gasteiger partial charge in [0.2, 0.25) is 0 Å². The number of halogens is 2. The fourth-order valence-electron chi connectivity index (χ4n) is 1.08. The third-order valence-corrected chi connectivity index (χ3v) is 2.34. The Morgan fingerprint density at radius 2 is 2.44 bits per heavy atom. The first kappa shape index (κ1) is 12.9. The highest BCUT2D eigenvalue weighted by Crippen LogP contribution is 2.20. The molecule has 1 amide bonds. The van der Waals surface area contributed by atoms with E-state index in [9.17, 15) is 9.18 Å². The molecule has 1 aromatic rings. The number of primary amides is 1. The standard InChI is InChI=1S/C9H11BrFN3O2/c1-16-3-2-13-6-4-5(11)8(10)14-7(6)9(12)15/h4,13H,2-3H2,1H3,(H2,12,15). The number of nitrogens with zero attached hydrogens (tertiary/aromatic N) is 1. The topological polar surface area (TPSA) is 77.2 Å². The highest BCUT2D eigenvalue weighted by molar-refractivity contribution is 9.10. The second kappa shape index (κ2) is 5.76. The van der Waals surface area contributed by atoms with E-state index in [-0.39, 0.29) is 16.0 Å². The summed E-state index contributed by atoms with van der Waals surface area (Å²) in [6, 6.07) is 1.16. The Hall–Kier alpha value is -1.21. The van der Waals surface area contributed by atoms with Gasteiger partial charge in [0.1, 0.15) is 4.60 Å². The Kier molecular flexibility index (Phi) is 4.63. The normalized spacial score (nSPS) is 10.2. The van der Waals surface area contributed by atoms with E-state index in [1.165, 1.54) is 7.11 Å². The molecule has 0 aliphatic carbocycles. The molecule has 1 rings (SSSR count). The number of carbonyl (C=O) groups is 1. The molecule has 1 aromatic heterocycles. The van der Waals surface area contributed by atoms with E-state index in [4.69, 9.17) is 10.5 Å². The molecule has 88 valence electrons. The summed E-state index contributed by atoms with van der Waals surface area (Å²) in [6.45, 7) is 0.857. The monoisotopic (exact) mass is 291 g/mol. The molecule has 0 aromatic carbocycles. The van der Waals surface area contributed by atoms with Crippen molar-refractivity contribution in [1.29, 1.82) is 0 Å². The summed E-state index contributed by atoms with van der Waals surface area (Å²) in [6.07, 6.45) is 0. The van der Waals surface area contributed by atoms with Crippen molar-refractivity contribution in [2.75, 3.05) is 25.6 Å². The minimum Gasteiger partial charge on any atom is -0.383 e. The summed E-state index contributed by atoms with van der Waals surface area (Å²) in [5.74, 6) is -1.29. The molecule has 0 aliphatic heterocycles. The average Bonchev–Trinajstić information content (AvgIpc) is 2.23. The molecule has 0 aliphatic rings. The Morgan fingerprint density at radius 3 is 3.00 bits per heavy atom. The molecule has 7 heteroatoms. The maximum Gasteiger partial charge on any atom is 0.269 e. The van der Waals surface area contributed by atoms with Gasteiger partial charge in [0.15, 0.2) is 11.5 Å². The molecular formula is C9H11BrFN3O2. The number of aromatic nitrogens is 1. The summed E-state index contributed by atoms with van der Waals surface area (Å²) in [4.78, 5) is 14.8. The highest BCUT2D eigenvalue weighted by Gasteiger charge is 2.14. The number of carbonyl (C=O) groups excluding carboxylic acids is 1. The van der Waals surface area contributed by atoms with E-state index in [0.29, 0.717) is 13.2 Å². The van der Waals surface area contributed by atoms with Gasteiger partial charge in [-0.25, -0.2) is 9.37 Å². The molecule has 5 nitrogen and oxygen atoms in total. The molecule has 0 saturated heterocycles. The Morgan fingerprint density at radius 1 is 1.75 bits per heavy atom. The SMILES string of the molecule is COCCNc1cc(F)c(Br)nc1C(N)=O. The quantitative estimate of drug-likeness (QED) is 0.630. The van der Waals surface area contributed by atoms with Crippen molar-refractivity contribution < 1.29 is 13.9 Å². The molecule has 0 saturated carbocycles. The first-order valence-corrected chi connectivity index (χ1v) is 5.24. The molecule has 0 atom stereocenters. The van der Waals surface area contributed by atoms with Crippen LogP contribution in [0, 0.1) is 5.82 Å². The number of pyridine rings is 1. The van der Waals surface area contributed by atoms with E-state index >= 15 is 0 Å². The van der Waals surface area contributed by atoms with Gasteiger partial charge in [0.25, 0.3) is 5.91 Å². The van der Waals surface area contributed by atoms with E-state index in [2.05, 4.69) is 26.2 Å².